The number of nitrogens with one attached hydrogen (secondary N) is 1. The van der Waals surface area contributed by atoms with Gasteiger partial charge in [0.05, 0.1) is 14.2 Å². The lowest BCUT2D eigenvalue weighted by atomic mass is 9.86. The molecule has 1 fully saturated rings. The third-order valence-electron chi connectivity index (χ3n) is 4.61. The molecule has 0 aromatic heterocycles. The minimum Gasteiger partial charge on any atom is -0.502 e. The van der Waals surface area contributed by atoms with Crippen molar-refractivity contribution in [2.24, 2.45) is 5.92 Å². The Morgan fingerprint density at radius 1 is 1.28 bits per heavy atom. The number of nitrogens with zero attached hydrogens (tertiary/aromatic N) is 1. The number of methoxy groups -OCH3 is 2. The van der Waals surface area contributed by atoms with Crippen LogP contribution in [0.25, 0.3) is 6.08 Å². The quantitative estimate of drug-likeness (QED) is 0.633. The molecule has 1 aromatic carbocycles. The number of hydrogen-bond acceptors (Lipinski definition) is 5. The van der Waals surface area contributed by atoms with Crippen LogP contribution in [0.1, 0.15) is 38.2 Å². The highest BCUT2D eigenvalue weighted by Gasteiger charge is 2.24. The summed E-state index contributed by atoms with van der Waals surface area (Å²) in [4.78, 5) is 12.5. The van der Waals surface area contributed by atoms with E-state index >= 15 is 0 Å². The highest BCUT2D eigenvalue weighted by molar-refractivity contribution is 6.02. The molecule has 6 heteroatoms. The van der Waals surface area contributed by atoms with Gasteiger partial charge in [-0.05, 0) is 42.5 Å². The number of hydrogen-bond donors (Lipinski definition) is 2. The number of rotatable bonds is 5. The Hall–Kier alpha value is -2.68. The molecule has 0 radical (unpaired) electrons. The van der Waals surface area contributed by atoms with Crippen LogP contribution in [-0.4, -0.2) is 31.3 Å². The molecular weight excluding hydrogens is 320 g/mol. The van der Waals surface area contributed by atoms with Gasteiger partial charge < -0.3 is 19.9 Å². The van der Waals surface area contributed by atoms with Crippen molar-refractivity contribution in [3.8, 4) is 23.3 Å². The van der Waals surface area contributed by atoms with Crippen LogP contribution in [0.3, 0.4) is 0 Å². The fourth-order valence-electron chi connectivity index (χ4n) is 3.09. The van der Waals surface area contributed by atoms with Gasteiger partial charge in [0.15, 0.2) is 11.5 Å². The number of phenols is 1. The molecule has 0 bridgehead atoms. The molecule has 6 nitrogen and oxygen atoms in total. The first-order valence-corrected chi connectivity index (χ1v) is 8.37. The summed E-state index contributed by atoms with van der Waals surface area (Å²) in [6.07, 6.45) is 5.76. The maximum Gasteiger partial charge on any atom is 0.262 e. The Balaban J connectivity index is 2.24. The molecule has 0 spiro atoms. The molecule has 2 atom stereocenters. The molecule has 1 aliphatic carbocycles. The lowest BCUT2D eigenvalue weighted by Crippen LogP contribution is -2.41. The van der Waals surface area contributed by atoms with Gasteiger partial charge in [-0.2, -0.15) is 5.26 Å². The van der Waals surface area contributed by atoms with Crippen molar-refractivity contribution < 1.29 is 19.4 Å². The summed E-state index contributed by atoms with van der Waals surface area (Å²) in [5.74, 6) is 0.327. The number of aromatic hydroxyl groups is 1. The van der Waals surface area contributed by atoms with E-state index in [-0.39, 0.29) is 34.8 Å². The average molecular weight is 344 g/mol. The lowest BCUT2D eigenvalue weighted by molar-refractivity contribution is -0.118. The fraction of sp³-hybridized carbons (Fsp3) is 0.474. The second-order valence-electron chi connectivity index (χ2n) is 6.29. The summed E-state index contributed by atoms with van der Waals surface area (Å²) in [6, 6.07) is 5.14. The van der Waals surface area contributed by atoms with Crippen LogP contribution >= 0.6 is 0 Å². The number of nitriles is 1. The van der Waals surface area contributed by atoms with E-state index in [0.29, 0.717) is 11.5 Å². The van der Waals surface area contributed by atoms with Gasteiger partial charge in [-0.3, -0.25) is 4.79 Å². The molecule has 134 valence electrons. The van der Waals surface area contributed by atoms with Crippen molar-refractivity contribution in [1.29, 1.82) is 5.26 Å². The van der Waals surface area contributed by atoms with E-state index in [9.17, 15) is 15.2 Å². The van der Waals surface area contributed by atoms with Crippen LogP contribution in [0.2, 0.25) is 0 Å². The van der Waals surface area contributed by atoms with Gasteiger partial charge in [0, 0.05) is 6.04 Å². The van der Waals surface area contributed by atoms with E-state index in [1.54, 1.807) is 12.1 Å². The van der Waals surface area contributed by atoms with Crippen molar-refractivity contribution in [3.63, 3.8) is 0 Å². The summed E-state index contributed by atoms with van der Waals surface area (Å²) in [6.45, 7) is 2.12. The normalized spacial score (nSPS) is 20.5. The fourth-order valence-corrected chi connectivity index (χ4v) is 3.09. The molecule has 1 saturated carbocycles. The van der Waals surface area contributed by atoms with E-state index < -0.39 is 0 Å². The van der Waals surface area contributed by atoms with Crippen LogP contribution in [0.15, 0.2) is 17.7 Å². The smallest absolute Gasteiger partial charge is 0.262 e. The molecule has 1 aromatic rings. The van der Waals surface area contributed by atoms with Crippen molar-refractivity contribution in [1.82, 2.24) is 5.32 Å². The molecule has 2 unspecified atom stereocenters. The van der Waals surface area contributed by atoms with Crippen molar-refractivity contribution >= 4 is 12.0 Å². The molecule has 2 N–H and O–H groups in total. The van der Waals surface area contributed by atoms with E-state index in [2.05, 4.69) is 12.2 Å². The van der Waals surface area contributed by atoms with Gasteiger partial charge in [-0.15, -0.1) is 0 Å². The van der Waals surface area contributed by atoms with E-state index in [0.717, 1.165) is 19.3 Å². The first-order chi connectivity index (χ1) is 12.0. The molecule has 25 heavy (non-hydrogen) atoms. The topological polar surface area (TPSA) is 91.6 Å². The second-order valence-corrected chi connectivity index (χ2v) is 6.29. The Kier molecular flexibility index (Phi) is 6.29. The van der Waals surface area contributed by atoms with Gasteiger partial charge in [-0.1, -0.05) is 19.8 Å². The lowest BCUT2D eigenvalue weighted by Gasteiger charge is -2.29. The van der Waals surface area contributed by atoms with Crippen LogP contribution in [0.4, 0.5) is 0 Å². The molecule has 1 amide bonds. The van der Waals surface area contributed by atoms with Gasteiger partial charge in [0.2, 0.25) is 5.75 Å². The number of ether oxygens (including phenoxy) is 2. The van der Waals surface area contributed by atoms with Crippen LogP contribution < -0.4 is 14.8 Å². The van der Waals surface area contributed by atoms with Gasteiger partial charge >= 0.3 is 0 Å². The summed E-state index contributed by atoms with van der Waals surface area (Å²) >= 11 is 0. The summed E-state index contributed by atoms with van der Waals surface area (Å²) in [5, 5.41) is 22.3. The monoisotopic (exact) mass is 344 g/mol. The van der Waals surface area contributed by atoms with Gasteiger partial charge in [0.1, 0.15) is 11.6 Å². The zero-order valence-corrected chi connectivity index (χ0v) is 14.8. The molecule has 2 rings (SSSR count). The first kappa shape index (κ1) is 18.7. The highest BCUT2D eigenvalue weighted by atomic mass is 16.5. The number of carbonyl (C=O) groups is 1. The number of benzene rings is 1. The number of carbonyl (C=O) groups excluding carboxylic acids is 1. The Labute approximate surface area is 148 Å². The molecule has 1 aliphatic rings. The molecule has 0 saturated heterocycles. The van der Waals surface area contributed by atoms with Gasteiger partial charge in [-0.25, -0.2) is 0 Å². The Morgan fingerprint density at radius 3 is 2.40 bits per heavy atom. The maximum atomic E-state index is 12.5. The summed E-state index contributed by atoms with van der Waals surface area (Å²) < 4.78 is 10.2. The van der Waals surface area contributed by atoms with E-state index in [4.69, 9.17) is 9.47 Å². The molecular formula is C19H24N2O4. The second kappa shape index (κ2) is 8.43. The predicted octanol–water partition coefficient (Wildman–Crippen LogP) is 3.01. The van der Waals surface area contributed by atoms with Crippen molar-refractivity contribution in [3.05, 3.63) is 23.3 Å². The van der Waals surface area contributed by atoms with Crippen LogP contribution in [-0.2, 0) is 4.79 Å². The minimum absolute atomic E-state index is 0.00701. The Bertz CT molecular complexity index is 681. The predicted molar refractivity (Wildman–Crippen MR) is 94.4 cm³/mol. The standard InChI is InChI=1S/C19H24N2O4/c1-12-6-4-5-7-15(12)21-19(23)14(11-20)8-13-9-16(24-2)18(22)17(10-13)25-3/h8-10,12,15,22H,4-7H2,1-3H3,(H,21,23). The minimum atomic E-state index is -0.382. The number of amides is 1. The SMILES string of the molecule is COc1cc(C=C(C#N)C(=O)NC2CCCCC2C)cc(OC)c1O. The highest BCUT2D eigenvalue weighted by Crippen LogP contribution is 2.37. The molecule has 0 heterocycles. The van der Waals surface area contributed by atoms with E-state index in [1.807, 2.05) is 6.07 Å². The largest absolute Gasteiger partial charge is 0.502 e. The zero-order valence-electron chi connectivity index (χ0n) is 14.8. The van der Waals surface area contributed by atoms with Crippen LogP contribution in [0.5, 0.6) is 17.2 Å². The maximum absolute atomic E-state index is 12.5. The molecule has 0 aliphatic heterocycles. The first-order valence-electron chi connectivity index (χ1n) is 8.37. The summed E-state index contributed by atoms with van der Waals surface area (Å²) in [5.41, 5.74) is 0.544. The Morgan fingerprint density at radius 2 is 1.88 bits per heavy atom. The van der Waals surface area contributed by atoms with Crippen molar-refractivity contribution in [2.45, 2.75) is 38.6 Å². The number of phenolic OH excluding ortho intramolecular Hbond substituents is 1. The third-order valence-corrected chi connectivity index (χ3v) is 4.61. The zero-order chi connectivity index (χ0) is 18.4. The summed E-state index contributed by atoms with van der Waals surface area (Å²) in [7, 11) is 2.84. The third kappa shape index (κ3) is 4.44. The van der Waals surface area contributed by atoms with Gasteiger partial charge in [0.25, 0.3) is 5.91 Å². The van der Waals surface area contributed by atoms with Crippen LogP contribution in [0, 0.1) is 17.2 Å². The van der Waals surface area contributed by atoms with E-state index in [1.165, 1.54) is 26.7 Å². The van der Waals surface area contributed by atoms with Crippen molar-refractivity contribution in [2.75, 3.05) is 14.2 Å². The average Bonchev–Trinajstić information content (AvgIpc) is 2.62.